The summed E-state index contributed by atoms with van der Waals surface area (Å²) in [6.07, 6.45) is 0. The van der Waals surface area contributed by atoms with E-state index in [2.05, 4.69) is 15.9 Å². The second-order valence-corrected chi connectivity index (χ2v) is 5.30. The molecule has 3 nitrogen and oxygen atoms in total. The highest BCUT2D eigenvalue weighted by Crippen LogP contribution is 2.18. The lowest BCUT2D eigenvalue weighted by atomic mass is 10.1. The van der Waals surface area contributed by atoms with E-state index in [0.717, 1.165) is 5.56 Å². The lowest BCUT2D eigenvalue weighted by Crippen LogP contribution is -2.08. The minimum atomic E-state index is -0.517. The van der Waals surface area contributed by atoms with Crippen molar-refractivity contribution in [2.45, 2.75) is 13.5 Å². The maximum absolute atomic E-state index is 13.6. The number of carbonyl (C=O) groups excluding carboxylic acids is 1. The number of anilines is 1. The summed E-state index contributed by atoms with van der Waals surface area (Å²) in [4.78, 5) is 12.0. The number of halogens is 2. The van der Waals surface area contributed by atoms with Crippen LogP contribution in [0.25, 0.3) is 0 Å². The quantitative estimate of drug-likeness (QED) is 0.683. The molecule has 0 aliphatic carbocycles. The lowest BCUT2D eigenvalue weighted by molar-refractivity contribution is 0.0468. The van der Waals surface area contributed by atoms with Crippen molar-refractivity contribution in [1.82, 2.24) is 0 Å². The van der Waals surface area contributed by atoms with Crippen LogP contribution < -0.4 is 5.73 Å². The van der Waals surface area contributed by atoms with Crippen molar-refractivity contribution in [2.75, 3.05) is 5.73 Å². The number of aryl methyl sites for hydroxylation is 1. The lowest BCUT2D eigenvalue weighted by Gasteiger charge is -2.09. The zero-order chi connectivity index (χ0) is 14.7. The SMILES string of the molecule is Cc1ccc(N)cc1C(=O)OCc1ccc(Br)cc1F. The van der Waals surface area contributed by atoms with Gasteiger partial charge in [0.05, 0.1) is 5.56 Å². The Balaban J connectivity index is 2.10. The number of nitrogens with two attached hydrogens (primary N) is 1. The molecule has 0 atom stereocenters. The van der Waals surface area contributed by atoms with Crippen LogP contribution in [0.5, 0.6) is 0 Å². The molecule has 0 unspecified atom stereocenters. The molecule has 0 radical (unpaired) electrons. The smallest absolute Gasteiger partial charge is 0.338 e. The molecule has 0 fully saturated rings. The molecule has 0 aliphatic heterocycles. The largest absolute Gasteiger partial charge is 0.457 e. The van der Waals surface area contributed by atoms with Gasteiger partial charge in [-0.3, -0.25) is 0 Å². The third-order valence-electron chi connectivity index (χ3n) is 2.86. The first kappa shape index (κ1) is 14.5. The first-order chi connectivity index (χ1) is 9.47. The summed E-state index contributed by atoms with van der Waals surface area (Å²) in [6, 6.07) is 9.59. The number of hydrogen-bond donors (Lipinski definition) is 1. The fraction of sp³-hybridized carbons (Fsp3) is 0.133. The van der Waals surface area contributed by atoms with Gasteiger partial charge in [-0.1, -0.05) is 28.1 Å². The first-order valence-electron chi connectivity index (χ1n) is 5.94. The van der Waals surface area contributed by atoms with Gasteiger partial charge >= 0.3 is 5.97 Å². The maximum Gasteiger partial charge on any atom is 0.338 e. The Bertz CT molecular complexity index is 658. The monoisotopic (exact) mass is 337 g/mol. The predicted molar refractivity (Wildman–Crippen MR) is 78.8 cm³/mol. The van der Waals surface area contributed by atoms with E-state index >= 15 is 0 Å². The Kier molecular flexibility index (Phi) is 4.39. The van der Waals surface area contributed by atoms with Crippen LogP contribution in [0, 0.1) is 12.7 Å². The van der Waals surface area contributed by atoms with Gasteiger partial charge in [0.25, 0.3) is 0 Å². The third kappa shape index (κ3) is 3.36. The van der Waals surface area contributed by atoms with Gasteiger partial charge in [-0.05, 0) is 36.8 Å². The van der Waals surface area contributed by atoms with Crippen LogP contribution in [0.1, 0.15) is 21.5 Å². The summed E-state index contributed by atoms with van der Waals surface area (Å²) in [5, 5.41) is 0. The van der Waals surface area contributed by atoms with Crippen molar-refractivity contribution < 1.29 is 13.9 Å². The van der Waals surface area contributed by atoms with Crippen molar-refractivity contribution in [2.24, 2.45) is 0 Å². The Morgan fingerprint density at radius 1 is 1.30 bits per heavy atom. The van der Waals surface area contributed by atoms with Gasteiger partial charge in [0.15, 0.2) is 0 Å². The topological polar surface area (TPSA) is 52.3 Å². The highest BCUT2D eigenvalue weighted by atomic mass is 79.9. The van der Waals surface area contributed by atoms with Crippen molar-refractivity contribution >= 4 is 27.6 Å². The first-order valence-corrected chi connectivity index (χ1v) is 6.74. The van der Waals surface area contributed by atoms with E-state index in [-0.39, 0.29) is 6.61 Å². The molecule has 0 saturated heterocycles. The molecule has 0 bridgehead atoms. The fourth-order valence-corrected chi connectivity index (χ4v) is 2.05. The predicted octanol–water partition coefficient (Wildman–Crippen LogP) is 3.84. The highest BCUT2D eigenvalue weighted by molar-refractivity contribution is 9.10. The molecule has 0 aliphatic rings. The average Bonchev–Trinajstić information content (AvgIpc) is 2.40. The number of hydrogen-bond acceptors (Lipinski definition) is 3. The zero-order valence-electron chi connectivity index (χ0n) is 10.8. The van der Waals surface area contributed by atoms with E-state index in [9.17, 15) is 9.18 Å². The Morgan fingerprint density at radius 3 is 2.75 bits per heavy atom. The van der Waals surface area contributed by atoms with Crippen LogP contribution in [0.15, 0.2) is 40.9 Å². The Hall–Kier alpha value is -1.88. The van der Waals surface area contributed by atoms with Crippen molar-refractivity contribution in [3.63, 3.8) is 0 Å². The Labute approximate surface area is 124 Å². The molecule has 2 aromatic carbocycles. The standard InChI is InChI=1S/C15H13BrFNO2/c1-9-2-5-12(18)7-13(9)15(19)20-8-10-3-4-11(16)6-14(10)17/h2-7H,8,18H2,1H3. The fourth-order valence-electron chi connectivity index (χ4n) is 1.72. The number of nitrogen functional groups attached to an aromatic ring is 1. The summed E-state index contributed by atoms with van der Waals surface area (Å²) in [5.41, 5.74) is 7.60. The summed E-state index contributed by atoms with van der Waals surface area (Å²) in [6.45, 7) is 1.67. The van der Waals surface area contributed by atoms with Gasteiger partial charge in [0.2, 0.25) is 0 Å². The van der Waals surface area contributed by atoms with E-state index in [1.165, 1.54) is 6.07 Å². The zero-order valence-corrected chi connectivity index (χ0v) is 12.4. The maximum atomic E-state index is 13.6. The van der Waals surface area contributed by atoms with Crippen LogP contribution in [0.4, 0.5) is 10.1 Å². The molecular weight excluding hydrogens is 325 g/mol. The molecule has 104 valence electrons. The molecule has 20 heavy (non-hydrogen) atoms. The van der Waals surface area contributed by atoms with Gasteiger partial charge in [-0.25, -0.2) is 9.18 Å². The van der Waals surface area contributed by atoms with E-state index < -0.39 is 11.8 Å². The second kappa shape index (κ2) is 6.05. The summed E-state index contributed by atoms with van der Waals surface area (Å²) < 4.78 is 19.4. The van der Waals surface area contributed by atoms with Crippen molar-refractivity contribution in [3.05, 3.63) is 63.4 Å². The third-order valence-corrected chi connectivity index (χ3v) is 3.35. The summed E-state index contributed by atoms with van der Waals surface area (Å²) >= 11 is 3.17. The molecule has 5 heteroatoms. The van der Waals surface area contributed by atoms with Gasteiger partial charge in [0.1, 0.15) is 12.4 Å². The number of benzene rings is 2. The number of carbonyl (C=O) groups is 1. The minimum absolute atomic E-state index is 0.119. The molecule has 0 spiro atoms. The van der Waals surface area contributed by atoms with E-state index in [0.29, 0.717) is 21.3 Å². The number of rotatable bonds is 3. The van der Waals surface area contributed by atoms with E-state index in [1.807, 2.05) is 0 Å². The number of ether oxygens (including phenoxy) is 1. The molecule has 0 saturated carbocycles. The molecule has 2 N–H and O–H groups in total. The van der Waals surface area contributed by atoms with E-state index in [4.69, 9.17) is 10.5 Å². The molecular formula is C15H13BrFNO2. The van der Waals surface area contributed by atoms with Crippen LogP contribution in [0.2, 0.25) is 0 Å². The van der Waals surface area contributed by atoms with Crippen molar-refractivity contribution in [1.29, 1.82) is 0 Å². The number of esters is 1. The van der Waals surface area contributed by atoms with Crippen LogP contribution in [-0.4, -0.2) is 5.97 Å². The summed E-state index contributed by atoms with van der Waals surface area (Å²) in [7, 11) is 0. The van der Waals surface area contributed by atoms with Gasteiger partial charge < -0.3 is 10.5 Å². The van der Waals surface area contributed by atoms with Crippen LogP contribution >= 0.6 is 15.9 Å². The van der Waals surface area contributed by atoms with Gasteiger partial charge in [0, 0.05) is 15.7 Å². The minimum Gasteiger partial charge on any atom is -0.457 e. The normalized spacial score (nSPS) is 10.3. The van der Waals surface area contributed by atoms with Crippen LogP contribution in [-0.2, 0) is 11.3 Å². The summed E-state index contributed by atoms with van der Waals surface area (Å²) in [5.74, 6) is -0.936. The average molecular weight is 338 g/mol. The van der Waals surface area contributed by atoms with Gasteiger partial charge in [-0.2, -0.15) is 0 Å². The van der Waals surface area contributed by atoms with E-state index in [1.54, 1.807) is 37.3 Å². The highest BCUT2D eigenvalue weighted by Gasteiger charge is 2.12. The van der Waals surface area contributed by atoms with Crippen molar-refractivity contribution in [3.8, 4) is 0 Å². The molecule has 0 amide bonds. The molecule has 0 aromatic heterocycles. The molecule has 2 aromatic rings. The molecule has 2 rings (SSSR count). The van der Waals surface area contributed by atoms with Gasteiger partial charge in [-0.15, -0.1) is 0 Å². The Morgan fingerprint density at radius 2 is 2.05 bits per heavy atom. The second-order valence-electron chi connectivity index (χ2n) is 4.39. The molecule has 0 heterocycles. The van der Waals surface area contributed by atoms with Crippen LogP contribution in [0.3, 0.4) is 0 Å².